The number of nitrogens with two attached hydrogens (primary N) is 1. The average molecular weight is 129 g/mol. The minimum atomic E-state index is 0.825. The van der Waals surface area contributed by atoms with E-state index in [1.165, 1.54) is 19.3 Å². The highest BCUT2D eigenvalue weighted by atomic mass is 14.8. The highest BCUT2D eigenvalue weighted by Crippen LogP contribution is 1.87. The van der Waals surface area contributed by atoms with Gasteiger partial charge in [0.2, 0.25) is 5.84 Å². The Morgan fingerprint density at radius 3 is 2.56 bits per heavy atom. The van der Waals surface area contributed by atoms with Crippen molar-refractivity contribution in [2.45, 2.75) is 33.1 Å². The molecule has 9 heavy (non-hydrogen) atoms. The molecule has 0 fully saturated rings. The van der Waals surface area contributed by atoms with Gasteiger partial charge in [0.1, 0.15) is 0 Å². The predicted molar refractivity (Wildman–Crippen MR) is 40.2 cm³/mol. The zero-order chi connectivity index (χ0) is 7.11. The molecule has 2 heteroatoms. The van der Waals surface area contributed by atoms with Crippen LogP contribution in [0.4, 0.5) is 0 Å². The van der Waals surface area contributed by atoms with Crippen LogP contribution in [0.2, 0.25) is 0 Å². The molecule has 0 aromatic heterocycles. The standard InChI is InChI=1S/C7H16N2/c1-3-4-5-6-9-7(2)8/h3-6H2,1-2H3,(H2,8,9)/p+1. The molecule has 0 radical (unpaired) electrons. The summed E-state index contributed by atoms with van der Waals surface area (Å²) in [6, 6.07) is 0. The second-order valence-corrected chi connectivity index (χ2v) is 2.32. The van der Waals surface area contributed by atoms with Crippen LogP contribution in [0, 0.1) is 0 Å². The Balaban J connectivity index is 3.00. The van der Waals surface area contributed by atoms with Crippen molar-refractivity contribution in [3.05, 3.63) is 0 Å². The van der Waals surface area contributed by atoms with E-state index >= 15 is 0 Å². The summed E-state index contributed by atoms with van der Waals surface area (Å²) < 4.78 is 0. The van der Waals surface area contributed by atoms with Crippen LogP contribution in [0.25, 0.3) is 0 Å². The number of hydrogen-bond acceptors (Lipinski definition) is 0. The molecule has 0 rings (SSSR count). The van der Waals surface area contributed by atoms with Gasteiger partial charge in [0, 0.05) is 6.92 Å². The average Bonchev–Trinajstić information content (AvgIpc) is 1.80. The molecule has 0 aliphatic carbocycles. The van der Waals surface area contributed by atoms with Crippen LogP contribution in [0.1, 0.15) is 33.1 Å². The van der Waals surface area contributed by atoms with Gasteiger partial charge in [-0.15, -0.1) is 0 Å². The summed E-state index contributed by atoms with van der Waals surface area (Å²) in [6.45, 7) is 5.10. The van der Waals surface area contributed by atoms with Crippen LogP contribution < -0.4 is 10.7 Å². The van der Waals surface area contributed by atoms with Gasteiger partial charge in [0.25, 0.3) is 0 Å². The molecular weight excluding hydrogens is 112 g/mol. The number of rotatable bonds is 4. The van der Waals surface area contributed by atoms with E-state index in [4.69, 9.17) is 5.73 Å². The molecule has 0 heterocycles. The molecule has 0 atom stereocenters. The zero-order valence-electron chi connectivity index (χ0n) is 6.41. The van der Waals surface area contributed by atoms with E-state index in [2.05, 4.69) is 11.9 Å². The molecule has 0 bridgehead atoms. The Hall–Kier alpha value is -0.530. The molecule has 0 aliphatic rings. The third kappa shape index (κ3) is 7.47. The maximum Gasteiger partial charge on any atom is 0.237 e. The summed E-state index contributed by atoms with van der Waals surface area (Å²) in [5.74, 6) is 0.825. The monoisotopic (exact) mass is 129 g/mol. The maximum absolute atomic E-state index is 5.38. The van der Waals surface area contributed by atoms with Gasteiger partial charge in [0.05, 0.1) is 6.54 Å². The van der Waals surface area contributed by atoms with Crippen molar-refractivity contribution in [1.29, 1.82) is 0 Å². The zero-order valence-corrected chi connectivity index (χ0v) is 6.41. The molecule has 0 saturated carbocycles. The van der Waals surface area contributed by atoms with Crippen molar-refractivity contribution in [3.8, 4) is 0 Å². The second-order valence-electron chi connectivity index (χ2n) is 2.32. The Morgan fingerprint density at radius 1 is 1.44 bits per heavy atom. The van der Waals surface area contributed by atoms with Gasteiger partial charge in [0.15, 0.2) is 0 Å². The van der Waals surface area contributed by atoms with Crippen molar-refractivity contribution in [2.24, 2.45) is 5.73 Å². The summed E-state index contributed by atoms with van der Waals surface area (Å²) in [5.41, 5.74) is 5.38. The first-order valence-corrected chi connectivity index (χ1v) is 3.60. The highest BCUT2D eigenvalue weighted by Gasteiger charge is 1.85. The van der Waals surface area contributed by atoms with Crippen LogP contribution >= 0.6 is 0 Å². The van der Waals surface area contributed by atoms with E-state index in [-0.39, 0.29) is 0 Å². The van der Waals surface area contributed by atoms with Gasteiger partial charge in [-0.1, -0.05) is 13.3 Å². The number of amidine groups is 1. The molecule has 0 aromatic rings. The first kappa shape index (κ1) is 8.47. The van der Waals surface area contributed by atoms with Crippen molar-refractivity contribution in [3.63, 3.8) is 0 Å². The van der Waals surface area contributed by atoms with Crippen molar-refractivity contribution >= 4 is 5.84 Å². The lowest BCUT2D eigenvalue weighted by molar-refractivity contribution is -0.459. The quantitative estimate of drug-likeness (QED) is 0.303. The number of hydrogen-bond donors (Lipinski definition) is 2. The van der Waals surface area contributed by atoms with Crippen LogP contribution in [0.5, 0.6) is 0 Å². The van der Waals surface area contributed by atoms with Crippen LogP contribution in [0.15, 0.2) is 0 Å². The predicted octanol–water partition coefficient (Wildman–Crippen LogP) is -0.366. The number of unbranched alkanes of at least 4 members (excludes halogenated alkanes) is 2. The van der Waals surface area contributed by atoms with Gasteiger partial charge in [-0.3, -0.25) is 10.7 Å². The third-order valence-electron chi connectivity index (χ3n) is 1.18. The molecule has 0 aliphatic heterocycles. The molecule has 0 aromatic carbocycles. The van der Waals surface area contributed by atoms with Crippen LogP contribution in [0.3, 0.4) is 0 Å². The maximum atomic E-state index is 5.38. The van der Waals surface area contributed by atoms with Gasteiger partial charge in [-0.25, -0.2) is 0 Å². The minimum absolute atomic E-state index is 0.825. The summed E-state index contributed by atoms with van der Waals surface area (Å²) in [6.07, 6.45) is 3.79. The molecule has 2 nitrogen and oxygen atoms in total. The van der Waals surface area contributed by atoms with Crippen molar-refractivity contribution < 1.29 is 4.99 Å². The lowest BCUT2D eigenvalue weighted by atomic mass is 10.2. The Kier molecular flexibility index (Phi) is 5.27. The summed E-state index contributed by atoms with van der Waals surface area (Å²) in [5, 5.41) is 0. The van der Waals surface area contributed by atoms with E-state index in [0.29, 0.717) is 0 Å². The van der Waals surface area contributed by atoms with Crippen LogP contribution in [-0.4, -0.2) is 12.4 Å². The third-order valence-corrected chi connectivity index (χ3v) is 1.18. The minimum Gasteiger partial charge on any atom is -0.291 e. The van der Waals surface area contributed by atoms with E-state index in [1.807, 2.05) is 6.92 Å². The molecule has 0 spiro atoms. The molecule has 3 N–H and O–H groups in total. The van der Waals surface area contributed by atoms with E-state index in [0.717, 1.165) is 12.4 Å². The van der Waals surface area contributed by atoms with Gasteiger partial charge < -0.3 is 0 Å². The summed E-state index contributed by atoms with van der Waals surface area (Å²) >= 11 is 0. The second kappa shape index (κ2) is 5.60. The van der Waals surface area contributed by atoms with Crippen molar-refractivity contribution in [1.82, 2.24) is 0 Å². The smallest absolute Gasteiger partial charge is 0.237 e. The SMILES string of the molecule is CCCCC[NH+]=C(C)N. The summed E-state index contributed by atoms with van der Waals surface area (Å²) in [7, 11) is 0. The lowest BCUT2D eigenvalue weighted by Gasteiger charge is -1.89. The fourth-order valence-corrected chi connectivity index (χ4v) is 0.661. The van der Waals surface area contributed by atoms with Gasteiger partial charge in [-0.05, 0) is 12.8 Å². The molecule has 0 saturated heterocycles. The molecule has 54 valence electrons. The highest BCUT2D eigenvalue weighted by molar-refractivity contribution is 5.70. The topological polar surface area (TPSA) is 40.0 Å². The number of nitrogens with one attached hydrogen (secondary N) is 1. The fraction of sp³-hybridized carbons (Fsp3) is 0.857. The van der Waals surface area contributed by atoms with E-state index in [1.54, 1.807) is 0 Å². The summed E-state index contributed by atoms with van der Waals surface area (Å²) in [4.78, 5) is 3.07. The lowest BCUT2D eigenvalue weighted by Crippen LogP contribution is -2.74. The fourth-order valence-electron chi connectivity index (χ4n) is 0.661. The van der Waals surface area contributed by atoms with E-state index < -0.39 is 0 Å². The molecule has 0 unspecified atom stereocenters. The Morgan fingerprint density at radius 2 is 2.11 bits per heavy atom. The van der Waals surface area contributed by atoms with Crippen molar-refractivity contribution in [2.75, 3.05) is 6.54 Å². The largest absolute Gasteiger partial charge is 0.291 e. The first-order chi connectivity index (χ1) is 4.27. The Bertz CT molecular complexity index is 82.9. The molecule has 0 amide bonds. The normalized spacial score (nSPS) is 12.0. The van der Waals surface area contributed by atoms with Crippen LogP contribution in [-0.2, 0) is 0 Å². The molecular formula is C7H17N2+. The van der Waals surface area contributed by atoms with E-state index in [9.17, 15) is 0 Å². The Labute approximate surface area is 57.2 Å². The first-order valence-electron chi connectivity index (χ1n) is 3.60. The van der Waals surface area contributed by atoms with Gasteiger partial charge >= 0.3 is 0 Å². The van der Waals surface area contributed by atoms with Gasteiger partial charge in [-0.2, -0.15) is 0 Å².